The monoisotopic (exact) mass is 327 g/mol. The van der Waals surface area contributed by atoms with Crippen molar-refractivity contribution in [3.63, 3.8) is 0 Å². The summed E-state index contributed by atoms with van der Waals surface area (Å²) in [6.45, 7) is 9.21. The van der Waals surface area contributed by atoms with Gasteiger partial charge in [0.1, 0.15) is 0 Å². The maximum absolute atomic E-state index is 12.9. The number of Topliss-reactive ketones (excluding diaryl/α,β-unsaturated/α-hetero) is 1. The summed E-state index contributed by atoms with van der Waals surface area (Å²) in [5.74, 6) is 1.58. The van der Waals surface area contributed by atoms with Gasteiger partial charge in [-0.15, -0.1) is 11.3 Å². The van der Waals surface area contributed by atoms with Crippen LogP contribution in [0.4, 0.5) is 0 Å². The normalized spacial score (nSPS) is 29.1. The van der Waals surface area contributed by atoms with Crippen LogP contribution in [0.25, 0.3) is 10.1 Å². The number of nitrogens with zero attached hydrogens (tertiary/aromatic N) is 1. The molecule has 1 atom stereocenters. The third-order valence-corrected chi connectivity index (χ3v) is 7.33. The molecular formula is C20H25NOS. The highest BCUT2D eigenvalue weighted by Crippen LogP contribution is 2.46. The molecule has 23 heavy (non-hydrogen) atoms. The molecule has 3 aliphatic rings. The van der Waals surface area contributed by atoms with Gasteiger partial charge in [-0.2, -0.15) is 0 Å². The van der Waals surface area contributed by atoms with Gasteiger partial charge in [0.25, 0.3) is 0 Å². The van der Waals surface area contributed by atoms with Crippen LogP contribution in [-0.2, 0) is 0 Å². The highest BCUT2D eigenvalue weighted by atomic mass is 32.1. The molecule has 4 heterocycles. The fraction of sp³-hybridized carbons (Fsp3) is 0.550. The van der Waals surface area contributed by atoms with Crippen molar-refractivity contribution in [2.45, 2.75) is 45.6 Å². The number of ketones is 1. The van der Waals surface area contributed by atoms with Gasteiger partial charge in [-0.3, -0.25) is 9.69 Å². The van der Waals surface area contributed by atoms with E-state index in [4.69, 9.17) is 0 Å². The smallest absolute Gasteiger partial charge is 0.173 e. The molecule has 0 aliphatic carbocycles. The summed E-state index contributed by atoms with van der Waals surface area (Å²) < 4.78 is 1.24. The van der Waals surface area contributed by atoms with Crippen LogP contribution in [0.15, 0.2) is 24.3 Å². The zero-order valence-corrected chi connectivity index (χ0v) is 15.1. The number of piperidine rings is 3. The lowest BCUT2D eigenvalue weighted by Crippen LogP contribution is -2.61. The van der Waals surface area contributed by atoms with Crippen molar-refractivity contribution in [1.82, 2.24) is 4.90 Å². The number of fused-ring (bicyclic) bond motifs is 4. The maximum Gasteiger partial charge on any atom is 0.173 e. The molecule has 2 aromatic rings. The first-order valence-electron chi connectivity index (χ1n) is 8.73. The standard InChI is InChI=1S/C20H25NOS/c1-13-4-5-15-11-19(23-18(15)10-13)17(22)12-16-14-6-8-21(9-7-14)20(16,2)3/h4-5,10-11,14,16H,6-9,12H2,1-3H3/t16-/m0/s1. The fourth-order valence-electron chi connectivity index (χ4n) is 4.68. The predicted octanol–water partition coefficient (Wildman–Crippen LogP) is 4.90. The van der Waals surface area contributed by atoms with Gasteiger partial charge in [-0.25, -0.2) is 0 Å². The van der Waals surface area contributed by atoms with Crippen LogP contribution in [0, 0.1) is 18.8 Å². The van der Waals surface area contributed by atoms with Crippen LogP contribution < -0.4 is 0 Å². The Bertz CT molecular complexity index is 752. The van der Waals surface area contributed by atoms with E-state index in [2.05, 4.69) is 49.9 Å². The van der Waals surface area contributed by atoms with Gasteiger partial charge in [0, 0.05) is 16.7 Å². The molecule has 0 unspecified atom stereocenters. The fourth-order valence-corrected chi connectivity index (χ4v) is 5.79. The molecular weight excluding hydrogens is 302 g/mol. The quantitative estimate of drug-likeness (QED) is 0.747. The summed E-state index contributed by atoms with van der Waals surface area (Å²) in [5, 5.41) is 1.21. The molecule has 5 rings (SSSR count). The van der Waals surface area contributed by atoms with E-state index in [1.807, 2.05) is 0 Å². The number of benzene rings is 1. The van der Waals surface area contributed by atoms with E-state index >= 15 is 0 Å². The van der Waals surface area contributed by atoms with Crippen molar-refractivity contribution in [1.29, 1.82) is 0 Å². The Morgan fingerprint density at radius 2 is 2.00 bits per heavy atom. The van der Waals surface area contributed by atoms with E-state index in [0.29, 0.717) is 18.1 Å². The average Bonchev–Trinajstić information content (AvgIpc) is 2.94. The Kier molecular flexibility index (Phi) is 3.62. The second-order valence-corrected chi connectivity index (χ2v) is 8.95. The predicted molar refractivity (Wildman–Crippen MR) is 97.4 cm³/mol. The first-order chi connectivity index (χ1) is 10.9. The van der Waals surface area contributed by atoms with Gasteiger partial charge in [0.05, 0.1) is 4.88 Å². The molecule has 0 radical (unpaired) electrons. The Morgan fingerprint density at radius 1 is 1.26 bits per heavy atom. The molecule has 0 N–H and O–H groups in total. The van der Waals surface area contributed by atoms with Crippen molar-refractivity contribution in [3.05, 3.63) is 34.7 Å². The third-order valence-electron chi connectivity index (χ3n) is 6.19. The topological polar surface area (TPSA) is 20.3 Å². The molecule has 3 heteroatoms. The van der Waals surface area contributed by atoms with Crippen LogP contribution in [0.1, 0.15) is 48.3 Å². The van der Waals surface area contributed by atoms with Crippen LogP contribution in [0.2, 0.25) is 0 Å². The lowest BCUT2D eigenvalue weighted by molar-refractivity contribution is -0.0643. The number of hydrogen-bond acceptors (Lipinski definition) is 3. The molecule has 0 saturated carbocycles. The highest BCUT2D eigenvalue weighted by Gasteiger charge is 2.47. The summed E-state index contributed by atoms with van der Waals surface area (Å²) in [7, 11) is 0. The molecule has 0 spiro atoms. The van der Waals surface area contributed by atoms with Crippen LogP contribution >= 0.6 is 11.3 Å². The molecule has 1 aromatic heterocycles. The minimum atomic E-state index is 0.171. The summed E-state index contributed by atoms with van der Waals surface area (Å²) in [6.07, 6.45) is 3.25. The maximum atomic E-state index is 12.9. The first-order valence-corrected chi connectivity index (χ1v) is 9.55. The van der Waals surface area contributed by atoms with Gasteiger partial charge < -0.3 is 0 Å². The van der Waals surface area contributed by atoms with Crippen LogP contribution in [0.3, 0.4) is 0 Å². The van der Waals surface area contributed by atoms with Crippen molar-refractivity contribution < 1.29 is 4.79 Å². The van der Waals surface area contributed by atoms with E-state index < -0.39 is 0 Å². The molecule has 2 bridgehead atoms. The summed E-state index contributed by atoms with van der Waals surface area (Å²) in [6, 6.07) is 8.54. The number of carbonyl (C=O) groups excluding carboxylic acids is 1. The molecule has 2 nitrogen and oxygen atoms in total. The largest absolute Gasteiger partial charge is 0.298 e. The van der Waals surface area contributed by atoms with Crippen molar-refractivity contribution in [2.24, 2.45) is 11.8 Å². The zero-order valence-electron chi connectivity index (χ0n) is 14.3. The number of hydrogen-bond donors (Lipinski definition) is 0. The van der Waals surface area contributed by atoms with Gasteiger partial charge in [-0.1, -0.05) is 12.1 Å². The van der Waals surface area contributed by atoms with E-state index in [1.165, 1.54) is 41.6 Å². The van der Waals surface area contributed by atoms with E-state index in [-0.39, 0.29) is 5.54 Å². The second kappa shape index (κ2) is 5.42. The summed E-state index contributed by atoms with van der Waals surface area (Å²) >= 11 is 1.67. The first kappa shape index (κ1) is 15.3. The Labute approximate surface area is 142 Å². The minimum absolute atomic E-state index is 0.171. The Balaban J connectivity index is 1.59. The number of thiophene rings is 1. The van der Waals surface area contributed by atoms with E-state index in [0.717, 1.165) is 10.8 Å². The van der Waals surface area contributed by atoms with E-state index in [1.54, 1.807) is 11.3 Å². The number of aryl methyl sites for hydroxylation is 1. The van der Waals surface area contributed by atoms with Crippen molar-refractivity contribution >= 4 is 27.2 Å². The SMILES string of the molecule is Cc1ccc2cc(C(=O)C[C@H]3C4CCN(CC4)C3(C)C)sc2c1. The molecule has 122 valence electrons. The molecule has 0 amide bonds. The van der Waals surface area contributed by atoms with Gasteiger partial charge in [0.2, 0.25) is 0 Å². The van der Waals surface area contributed by atoms with Crippen molar-refractivity contribution in [3.8, 4) is 0 Å². The van der Waals surface area contributed by atoms with Crippen LogP contribution in [0.5, 0.6) is 0 Å². The highest BCUT2D eigenvalue weighted by molar-refractivity contribution is 7.20. The number of carbonyl (C=O) groups is 1. The molecule has 3 saturated heterocycles. The number of rotatable bonds is 3. The minimum Gasteiger partial charge on any atom is -0.298 e. The average molecular weight is 327 g/mol. The summed E-state index contributed by atoms with van der Waals surface area (Å²) in [5.41, 5.74) is 1.43. The Hall–Kier alpha value is -1.19. The summed E-state index contributed by atoms with van der Waals surface area (Å²) in [4.78, 5) is 16.5. The lowest BCUT2D eigenvalue weighted by Gasteiger charge is -2.56. The van der Waals surface area contributed by atoms with Gasteiger partial charge in [-0.05, 0) is 81.6 Å². The lowest BCUT2D eigenvalue weighted by atomic mass is 9.65. The van der Waals surface area contributed by atoms with E-state index in [9.17, 15) is 4.79 Å². The molecule has 1 aromatic carbocycles. The zero-order chi connectivity index (χ0) is 16.2. The molecule has 3 fully saturated rings. The van der Waals surface area contributed by atoms with Crippen molar-refractivity contribution in [2.75, 3.05) is 13.1 Å². The second-order valence-electron chi connectivity index (χ2n) is 7.86. The van der Waals surface area contributed by atoms with Crippen LogP contribution in [-0.4, -0.2) is 29.3 Å². The molecule has 3 aliphatic heterocycles. The Morgan fingerprint density at radius 3 is 2.70 bits per heavy atom. The third kappa shape index (κ3) is 2.54. The van der Waals surface area contributed by atoms with Gasteiger partial charge >= 0.3 is 0 Å². The van der Waals surface area contributed by atoms with Gasteiger partial charge in [0.15, 0.2) is 5.78 Å².